The highest BCUT2D eigenvalue weighted by molar-refractivity contribution is 5.90. The second-order valence-corrected chi connectivity index (χ2v) is 9.18. The summed E-state index contributed by atoms with van der Waals surface area (Å²) in [6, 6.07) is 6.47. The lowest BCUT2D eigenvalue weighted by Crippen LogP contribution is -2.51. The van der Waals surface area contributed by atoms with Crippen molar-refractivity contribution in [1.82, 2.24) is 34.3 Å². The molecule has 0 aliphatic carbocycles. The van der Waals surface area contributed by atoms with Gasteiger partial charge in [-0.25, -0.2) is 13.8 Å². The van der Waals surface area contributed by atoms with Crippen LogP contribution in [0.5, 0.6) is 0 Å². The van der Waals surface area contributed by atoms with Crippen molar-refractivity contribution in [3.05, 3.63) is 54.4 Å². The summed E-state index contributed by atoms with van der Waals surface area (Å²) in [5.41, 5.74) is 7.28. The van der Waals surface area contributed by atoms with Crippen LogP contribution in [0.1, 0.15) is 25.8 Å². The van der Waals surface area contributed by atoms with Gasteiger partial charge in [0, 0.05) is 38.4 Å². The molecule has 5 heterocycles. The summed E-state index contributed by atoms with van der Waals surface area (Å²) in [5, 5.41) is 9.60. The van der Waals surface area contributed by atoms with Crippen LogP contribution in [0.2, 0.25) is 0 Å². The smallest absolute Gasteiger partial charge is 0.247 e. The number of piperazine rings is 1. The molecular weight excluding hydrogens is 496 g/mol. The average Bonchev–Trinajstić information content (AvgIpc) is 3.66. The zero-order chi connectivity index (χ0) is 26.4. The molecule has 196 valence electrons. The Balaban J connectivity index is 1.27. The van der Waals surface area contributed by atoms with Crippen molar-refractivity contribution in [3.8, 4) is 11.6 Å². The van der Waals surface area contributed by atoms with E-state index in [2.05, 4.69) is 20.2 Å². The molecule has 1 aliphatic heterocycles. The van der Waals surface area contributed by atoms with Gasteiger partial charge in [-0.15, -0.1) is 5.10 Å². The van der Waals surface area contributed by atoms with E-state index in [-0.39, 0.29) is 11.9 Å². The number of fused-ring (bicyclic) bond motifs is 3. The number of benzene rings is 1. The molecule has 6 rings (SSSR count). The Morgan fingerprint density at radius 2 is 1.95 bits per heavy atom. The number of nitrogen functional groups attached to an aromatic ring is 1. The summed E-state index contributed by atoms with van der Waals surface area (Å²) < 4.78 is 36.0. The third-order valence-corrected chi connectivity index (χ3v) is 6.75. The summed E-state index contributed by atoms with van der Waals surface area (Å²) in [5.74, 6) is -0.344. The third kappa shape index (κ3) is 4.09. The lowest BCUT2D eigenvalue weighted by molar-refractivity contribution is -0.135. The van der Waals surface area contributed by atoms with Crippen LogP contribution in [-0.2, 0) is 4.79 Å². The van der Waals surface area contributed by atoms with Crippen LogP contribution in [-0.4, -0.2) is 66.3 Å². The van der Waals surface area contributed by atoms with Crippen LogP contribution < -0.4 is 10.6 Å². The van der Waals surface area contributed by atoms with Crippen LogP contribution >= 0.6 is 0 Å². The molecular formula is C25H25F2N9O2. The first-order chi connectivity index (χ1) is 18.4. The summed E-state index contributed by atoms with van der Waals surface area (Å²) in [6.07, 6.45) is 4.61. The maximum Gasteiger partial charge on any atom is 0.247 e. The van der Waals surface area contributed by atoms with Gasteiger partial charge >= 0.3 is 0 Å². The molecule has 1 unspecified atom stereocenters. The van der Waals surface area contributed by atoms with E-state index >= 15 is 0 Å². The van der Waals surface area contributed by atoms with Crippen molar-refractivity contribution < 1.29 is 18.0 Å². The summed E-state index contributed by atoms with van der Waals surface area (Å²) in [7, 11) is 0. The van der Waals surface area contributed by atoms with E-state index in [1.807, 2.05) is 11.8 Å². The van der Waals surface area contributed by atoms with Crippen molar-refractivity contribution in [3.63, 3.8) is 0 Å². The maximum absolute atomic E-state index is 14.3. The monoisotopic (exact) mass is 521 g/mol. The SMILES string of the molecule is CCCC(C(=O)N1CCN(c2ccc(F)cc2F)CC1)n1cc2c(nc(N)n3nc(-c4ccco4)nc23)n1. The first kappa shape index (κ1) is 23.8. The molecule has 0 saturated carbocycles. The van der Waals surface area contributed by atoms with Gasteiger partial charge in [-0.2, -0.15) is 14.6 Å². The molecule has 1 amide bonds. The van der Waals surface area contributed by atoms with E-state index in [1.54, 1.807) is 27.9 Å². The van der Waals surface area contributed by atoms with Gasteiger partial charge in [-0.1, -0.05) is 13.3 Å². The molecule has 1 atom stereocenters. The molecule has 5 aromatic rings. The molecule has 2 N–H and O–H groups in total. The average molecular weight is 522 g/mol. The van der Waals surface area contributed by atoms with Crippen LogP contribution in [0.4, 0.5) is 20.4 Å². The first-order valence-corrected chi connectivity index (χ1v) is 12.4. The molecule has 13 heteroatoms. The third-order valence-electron chi connectivity index (χ3n) is 6.75. The molecule has 1 aromatic carbocycles. The molecule has 11 nitrogen and oxygen atoms in total. The molecule has 0 radical (unpaired) electrons. The zero-order valence-corrected chi connectivity index (χ0v) is 20.6. The van der Waals surface area contributed by atoms with Crippen molar-refractivity contribution >= 4 is 34.2 Å². The largest absolute Gasteiger partial charge is 0.461 e. The molecule has 1 fully saturated rings. The summed E-state index contributed by atoms with van der Waals surface area (Å²) in [6.45, 7) is 3.68. The number of rotatable bonds is 6. The Hall–Kier alpha value is -4.55. The number of carbonyl (C=O) groups is 1. The standard InChI is InChI=1S/C25H25F2N9O2/c1-2-4-19(24(37)34-10-8-33(9-11-34)18-7-6-15(26)13-17(18)27)35-14-16-21(31-35)30-25(28)36-23(16)29-22(32-36)20-5-3-12-38-20/h3,5-7,12-14,19H,2,4,8-11H2,1H3,(H2,28,30,31). The molecule has 1 saturated heterocycles. The van der Waals surface area contributed by atoms with Crippen molar-refractivity contribution in [1.29, 1.82) is 0 Å². The quantitative estimate of drug-likeness (QED) is 0.361. The highest BCUT2D eigenvalue weighted by Crippen LogP contribution is 2.27. The van der Waals surface area contributed by atoms with Crippen molar-refractivity contribution in [2.24, 2.45) is 0 Å². The number of hydrogen-bond acceptors (Lipinski definition) is 8. The lowest BCUT2D eigenvalue weighted by atomic mass is 10.1. The van der Waals surface area contributed by atoms with E-state index in [1.165, 1.54) is 22.9 Å². The van der Waals surface area contributed by atoms with Crippen LogP contribution in [0.3, 0.4) is 0 Å². The molecule has 1 aliphatic rings. The molecule has 0 spiro atoms. The number of halogens is 2. The van der Waals surface area contributed by atoms with Gasteiger partial charge in [0.2, 0.25) is 17.7 Å². The Kier molecular flexibility index (Phi) is 5.89. The fourth-order valence-corrected chi connectivity index (χ4v) is 4.85. The minimum Gasteiger partial charge on any atom is -0.461 e. The van der Waals surface area contributed by atoms with Gasteiger partial charge in [0.05, 0.1) is 17.3 Å². The Morgan fingerprint density at radius 1 is 1.13 bits per heavy atom. The fourth-order valence-electron chi connectivity index (χ4n) is 4.85. The number of hydrogen-bond donors (Lipinski definition) is 1. The van der Waals surface area contributed by atoms with Crippen LogP contribution in [0.25, 0.3) is 28.3 Å². The Labute approximate surface area is 215 Å². The predicted molar refractivity (Wildman–Crippen MR) is 135 cm³/mol. The predicted octanol–water partition coefficient (Wildman–Crippen LogP) is 3.28. The van der Waals surface area contributed by atoms with Crippen LogP contribution in [0, 0.1) is 11.6 Å². The highest BCUT2D eigenvalue weighted by Gasteiger charge is 2.30. The van der Waals surface area contributed by atoms with Gasteiger partial charge < -0.3 is 20.0 Å². The second-order valence-electron chi connectivity index (χ2n) is 9.18. The summed E-state index contributed by atoms with van der Waals surface area (Å²) >= 11 is 0. The van der Waals surface area contributed by atoms with Gasteiger partial charge in [0.15, 0.2) is 17.1 Å². The van der Waals surface area contributed by atoms with Gasteiger partial charge in [-0.05, 0) is 30.7 Å². The van der Waals surface area contributed by atoms with E-state index in [0.717, 1.165) is 12.5 Å². The molecule has 4 aromatic heterocycles. The van der Waals surface area contributed by atoms with Gasteiger partial charge in [0.1, 0.15) is 17.7 Å². The van der Waals surface area contributed by atoms with E-state index in [0.29, 0.717) is 66.6 Å². The van der Waals surface area contributed by atoms with Crippen molar-refractivity contribution in [2.75, 3.05) is 36.8 Å². The number of aromatic nitrogens is 6. The van der Waals surface area contributed by atoms with Gasteiger partial charge in [0.25, 0.3) is 0 Å². The number of carbonyl (C=O) groups excluding carboxylic acids is 1. The lowest BCUT2D eigenvalue weighted by Gasteiger charge is -2.37. The molecule has 0 bridgehead atoms. The van der Waals surface area contributed by atoms with E-state index in [9.17, 15) is 13.6 Å². The zero-order valence-electron chi connectivity index (χ0n) is 20.6. The summed E-state index contributed by atoms with van der Waals surface area (Å²) in [4.78, 5) is 26.2. The minimum absolute atomic E-state index is 0.0828. The number of nitrogens with two attached hydrogens (primary N) is 1. The number of anilines is 2. The Bertz CT molecular complexity index is 1620. The minimum atomic E-state index is -0.620. The fraction of sp³-hybridized carbons (Fsp3) is 0.320. The van der Waals surface area contributed by atoms with E-state index < -0.39 is 17.7 Å². The first-order valence-electron chi connectivity index (χ1n) is 12.4. The van der Waals surface area contributed by atoms with Crippen LogP contribution in [0.15, 0.2) is 47.2 Å². The number of furan rings is 1. The number of amides is 1. The number of nitrogens with zero attached hydrogens (tertiary/aromatic N) is 8. The normalized spacial score (nSPS) is 15.0. The Morgan fingerprint density at radius 3 is 2.66 bits per heavy atom. The maximum atomic E-state index is 14.3. The highest BCUT2D eigenvalue weighted by atomic mass is 19.1. The second kappa shape index (κ2) is 9.39. The molecule has 38 heavy (non-hydrogen) atoms. The van der Waals surface area contributed by atoms with E-state index in [4.69, 9.17) is 10.2 Å². The van der Waals surface area contributed by atoms with Crippen molar-refractivity contribution in [2.45, 2.75) is 25.8 Å². The topological polar surface area (TPSA) is 124 Å². The van der Waals surface area contributed by atoms with Gasteiger partial charge in [-0.3, -0.25) is 9.48 Å².